The Balaban J connectivity index is 1.46. The molecule has 1 aliphatic heterocycles. The molecule has 1 aliphatic rings. The minimum atomic E-state index is 0.977. The van der Waals surface area contributed by atoms with Crippen molar-refractivity contribution in [2.24, 2.45) is 0 Å². The first-order valence-electron chi connectivity index (χ1n) is 9.48. The summed E-state index contributed by atoms with van der Waals surface area (Å²) in [6.45, 7) is 3.97. The lowest BCUT2D eigenvalue weighted by atomic mass is 10.2. The van der Waals surface area contributed by atoms with Crippen LogP contribution in [0.1, 0.15) is 0 Å². The van der Waals surface area contributed by atoms with E-state index >= 15 is 0 Å². The average molecular weight is 354 g/mol. The lowest BCUT2D eigenvalue weighted by Crippen LogP contribution is -2.46. The molecule has 0 aliphatic carbocycles. The fourth-order valence-electron chi connectivity index (χ4n) is 3.86. The van der Waals surface area contributed by atoms with Crippen LogP contribution in [0.2, 0.25) is 0 Å². The summed E-state index contributed by atoms with van der Waals surface area (Å²) >= 11 is 0. The fraction of sp³-hybridized carbons (Fsp3) is 0.174. The highest BCUT2D eigenvalue weighted by Gasteiger charge is 2.22. The molecule has 5 rings (SSSR count). The van der Waals surface area contributed by atoms with Gasteiger partial charge in [0.05, 0.1) is 11.2 Å². The van der Waals surface area contributed by atoms with Crippen molar-refractivity contribution in [3.63, 3.8) is 0 Å². The maximum atomic E-state index is 5.01. The third kappa shape index (κ3) is 2.93. The third-order valence-electron chi connectivity index (χ3n) is 5.27. The molecule has 4 aromatic rings. The van der Waals surface area contributed by atoms with E-state index in [-0.39, 0.29) is 0 Å². The summed E-state index contributed by atoms with van der Waals surface area (Å²) in [4.78, 5) is 4.87. The van der Waals surface area contributed by atoms with E-state index in [9.17, 15) is 0 Å². The summed E-state index contributed by atoms with van der Waals surface area (Å²) in [6, 6.07) is 29.6. The second-order valence-electron chi connectivity index (χ2n) is 6.90. The number of benzene rings is 3. The maximum Gasteiger partial charge on any atom is 0.159 e. The van der Waals surface area contributed by atoms with Crippen molar-refractivity contribution in [2.75, 3.05) is 36.0 Å². The van der Waals surface area contributed by atoms with Gasteiger partial charge in [0, 0.05) is 37.3 Å². The van der Waals surface area contributed by atoms with Gasteiger partial charge in [0.25, 0.3) is 0 Å². The highest BCUT2D eigenvalue weighted by molar-refractivity contribution is 5.92. The van der Waals surface area contributed by atoms with Gasteiger partial charge in [0.1, 0.15) is 0 Å². The molecule has 2 heterocycles. The Morgan fingerprint density at radius 3 is 1.81 bits per heavy atom. The largest absolute Gasteiger partial charge is 0.368 e. The maximum absolute atomic E-state index is 5.01. The van der Waals surface area contributed by atoms with E-state index in [1.165, 1.54) is 11.1 Å². The molecule has 27 heavy (non-hydrogen) atoms. The van der Waals surface area contributed by atoms with Crippen molar-refractivity contribution in [3.05, 3.63) is 84.9 Å². The van der Waals surface area contributed by atoms with Gasteiger partial charge in [-0.1, -0.05) is 48.5 Å². The number of fused-ring (bicyclic) bond motifs is 1. The summed E-state index contributed by atoms with van der Waals surface area (Å²) in [7, 11) is 0. The molecule has 0 N–H and O–H groups in total. The number of piperazine rings is 1. The Bertz CT molecular complexity index is 1030. The molecule has 0 atom stereocenters. The standard InChI is InChI=1S/C23H22N4/c1-3-9-19(10-4-1)25-15-17-26(18-16-25)23-21-13-7-8-14-22(21)27(24-23)20-11-5-2-6-12-20/h1-14H,15-18H2. The Hall–Kier alpha value is -3.27. The zero-order valence-electron chi connectivity index (χ0n) is 15.2. The van der Waals surface area contributed by atoms with Crippen molar-refractivity contribution in [3.8, 4) is 5.69 Å². The molecule has 0 radical (unpaired) electrons. The van der Waals surface area contributed by atoms with E-state index in [1.54, 1.807) is 0 Å². The van der Waals surface area contributed by atoms with E-state index in [1.807, 2.05) is 6.07 Å². The molecule has 0 bridgehead atoms. The molecule has 0 amide bonds. The van der Waals surface area contributed by atoms with Gasteiger partial charge >= 0.3 is 0 Å². The second kappa shape index (κ2) is 6.80. The predicted molar refractivity (Wildman–Crippen MR) is 112 cm³/mol. The van der Waals surface area contributed by atoms with Gasteiger partial charge in [-0.25, -0.2) is 4.68 Å². The summed E-state index contributed by atoms with van der Waals surface area (Å²) in [5.41, 5.74) is 3.56. The number of rotatable bonds is 3. The van der Waals surface area contributed by atoms with Crippen LogP contribution in [0.25, 0.3) is 16.6 Å². The van der Waals surface area contributed by atoms with Gasteiger partial charge in [-0.3, -0.25) is 0 Å². The number of hydrogen-bond donors (Lipinski definition) is 0. The van der Waals surface area contributed by atoms with Gasteiger partial charge < -0.3 is 9.80 Å². The lowest BCUT2D eigenvalue weighted by molar-refractivity contribution is 0.645. The zero-order chi connectivity index (χ0) is 18.1. The van der Waals surface area contributed by atoms with Crippen molar-refractivity contribution < 1.29 is 0 Å². The third-order valence-corrected chi connectivity index (χ3v) is 5.27. The SMILES string of the molecule is c1ccc(N2CCN(c3nn(-c4ccccc4)c4ccccc34)CC2)cc1. The monoisotopic (exact) mass is 354 g/mol. The van der Waals surface area contributed by atoms with E-state index in [0.29, 0.717) is 0 Å². The zero-order valence-corrected chi connectivity index (χ0v) is 15.2. The van der Waals surface area contributed by atoms with E-state index < -0.39 is 0 Å². The van der Waals surface area contributed by atoms with E-state index in [2.05, 4.69) is 93.3 Å². The van der Waals surface area contributed by atoms with Gasteiger partial charge in [-0.2, -0.15) is 0 Å². The quantitative estimate of drug-likeness (QED) is 0.547. The van der Waals surface area contributed by atoms with Crippen LogP contribution in [-0.2, 0) is 0 Å². The molecule has 1 fully saturated rings. The molecule has 0 unspecified atom stereocenters. The smallest absolute Gasteiger partial charge is 0.159 e. The topological polar surface area (TPSA) is 24.3 Å². The number of nitrogens with zero attached hydrogens (tertiary/aromatic N) is 4. The van der Waals surface area contributed by atoms with E-state index in [0.717, 1.165) is 43.2 Å². The average Bonchev–Trinajstić information content (AvgIpc) is 3.15. The highest BCUT2D eigenvalue weighted by atomic mass is 15.4. The molecule has 1 saturated heterocycles. The number of anilines is 2. The van der Waals surface area contributed by atoms with Crippen molar-refractivity contribution in [1.29, 1.82) is 0 Å². The summed E-state index contributed by atoms with van der Waals surface area (Å²) < 4.78 is 2.06. The first kappa shape index (κ1) is 15.9. The first-order chi connectivity index (χ1) is 13.4. The number of aromatic nitrogens is 2. The molecular weight excluding hydrogens is 332 g/mol. The van der Waals surface area contributed by atoms with Gasteiger partial charge in [0.15, 0.2) is 5.82 Å². The Labute approximate surface area is 159 Å². The van der Waals surface area contributed by atoms with Crippen molar-refractivity contribution >= 4 is 22.4 Å². The molecule has 0 spiro atoms. The number of para-hydroxylation sites is 3. The Morgan fingerprint density at radius 1 is 0.556 bits per heavy atom. The van der Waals surface area contributed by atoms with Crippen LogP contribution in [0.15, 0.2) is 84.9 Å². The minimum absolute atomic E-state index is 0.977. The Morgan fingerprint density at radius 2 is 1.11 bits per heavy atom. The second-order valence-corrected chi connectivity index (χ2v) is 6.90. The number of hydrogen-bond acceptors (Lipinski definition) is 3. The molecular formula is C23H22N4. The predicted octanol–water partition coefficient (Wildman–Crippen LogP) is 4.35. The molecule has 4 heteroatoms. The minimum Gasteiger partial charge on any atom is -0.368 e. The molecule has 0 saturated carbocycles. The van der Waals surface area contributed by atoms with Crippen LogP contribution < -0.4 is 9.80 Å². The molecule has 3 aromatic carbocycles. The van der Waals surface area contributed by atoms with E-state index in [4.69, 9.17) is 5.10 Å². The lowest BCUT2D eigenvalue weighted by Gasteiger charge is -2.36. The highest BCUT2D eigenvalue weighted by Crippen LogP contribution is 2.29. The summed E-state index contributed by atoms with van der Waals surface area (Å²) in [5, 5.41) is 6.22. The van der Waals surface area contributed by atoms with Crippen molar-refractivity contribution in [2.45, 2.75) is 0 Å². The van der Waals surface area contributed by atoms with Crippen LogP contribution in [0.5, 0.6) is 0 Å². The first-order valence-corrected chi connectivity index (χ1v) is 9.48. The Kier molecular flexibility index (Phi) is 4.02. The van der Waals surface area contributed by atoms with Crippen LogP contribution in [0.3, 0.4) is 0 Å². The van der Waals surface area contributed by atoms with Crippen LogP contribution in [0, 0.1) is 0 Å². The van der Waals surface area contributed by atoms with Gasteiger partial charge in [-0.15, -0.1) is 5.10 Å². The van der Waals surface area contributed by atoms with Crippen LogP contribution >= 0.6 is 0 Å². The van der Waals surface area contributed by atoms with Gasteiger partial charge in [-0.05, 0) is 36.4 Å². The fourth-order valence-corrected chi connectivity index (χ4v) is 3.86. The molecule has 4 nitrogen and oxygen atoms in total. The van der Waals surface area contributed by atoms with Crippen molar-refractivity contribution in [1.82, 2.24) is 9.78 Å². The van der Waals surface area contributed by atoms with Crippen LogP contribution in [0.4, 0.5) is 11.5 Å². The summed E-state index contributed by atoms with van der Waals surface area (Å²) in [5.74, 6) is 1.09. The summed E-state index contributed by atoms with van der Waals surface area (Å²) in [6.07, 6.45) is 0. The van der Waals surface area contributed by atoms with Crippen LogP contribution in [-0.4, -0.2) is 36.0 Å². The molecule has 1 aromatic heterocycles. The normalized spacial score (nSPS) is 14.7. The molecule has 134 valence electrons. The van der Waals surface area contributed by atoms with Gasteiger partial charge in [0.2, 0.25) is 0 Å².